The summed E-state index contributed by atoms with van der Waals surface area (Å²) >= 11 is 0. The van der Waals surface area contributed by atoms with Crippen molar-refractivity contribution in [3.8, 4) is 0 Å². The van der Waals surface area contributed by atoms with E-state index in [4.69, 9.17) is 0 Å². The van der Waals surface area contributed by atoms with E-state index in [0.717, 1.165) is 0 Å². The molecule has 0 unspecified atom stereocenters. The van der Waals surface area contributed by atoms with E-state index in [1.807, 2.05) is 0 Å². The molecule has 13 heavy (non-hydrogen) atoms. The molecule has 0 spiro atoms. The van der Waals surface area contributed by atoms with E-state index in [1.165, 1.54) is 0 Å². The second-order valence-electron chi connectivity index (χ2n) is 0. The monoisotopic (exact) mass is 633 g/mol. The summed E-state index contributed by atoms with van der Waals surface area (Å²) in [7, 11) is 0. The standard InChI is InChI=1S/2Al.2Cd.7S.2Zn/q2*+3;2*+2;7*-2;2*+2. The van der Waals surface area contributed by atoms with Gasteiger partial charge in [-0.3, -0.25) is 0 Å². The van der Waals surface area contributed by atoms with E-state index >= 15 is 0 Å². The SMILES string of the molecule is [Al+3].[Al+3].[Cd+2].[Cd+2].[S-2].[S-2].[S-2].[S-2].[S-2].[S-2].[S-2].[Zn+2].[Zn+2]. The van der Waals surface area contributed by atoms with Crippen molar-refractivity contribution in [2.75, 3.05) is 0 Å². The normalized spacial score (nSPS) is 0. The van der Waals surface area contributed by atoms with Crippen molar-refractivity contribution in [2.24, 2.45) is 0 Å². The molecule has 56 valence electrons. The van der Waals surface area contributed by atoms with Crippen LogP contribution in [-0.4, -0.2) is 34.7 Å². The maximum Gasteiger partial charge on any atom is 3.00 e. The summed E-state index contributed by atoms with van der Waals surface area (Å²) < 4.78 is 0. The van der Waals surface area contributed by atoms with E-state index in [2.05, 4.69) is 0 Å². The summed E-state index contributed by atoms with van der Waals surface area (Å²) in [6.45, 7) is 0. The Kier molecular flexibility index (Phi) is 1580. The first kappa shape index (κ1) is 156. The van der Waals surface area contributed by atoms with Crippen LogP contribution >= 0.6 is 0 Å². The largest absolute Gasteiger partial charge is 3.00 e. The maximum atomic E-state index is 0. The zero-order valence-electron chi connectivity index (χ0n) is 6.84. The molecule has 0 aliphatic rings. The van der Waals surface area contributed by atoms with Crippen LogP contribution in [0.1, 0.15) is 0 Å². The van der Waals surface area contributed by atoms with Crippen LogP contribution in [0.2, 0.25) is 0 Å². The Labute approximate surface area is 218 Å². The molecule has 0 fully saturated rings. The van der Waals surface area contributed by atoms with E-state index in [-0.39, 0.29) is 223 Å². The Morgan fingerprint density at radius 3 is 0.308 bits per heavy atom. The summed E-state index contributed by atoms with van der Waals surface area (Å²) in [4.78, 5) is 0. The molecule has 0 saturated carbocycles. The third-order valence-electron chi connectivity index (χ3n) is 0. The Bertz CT molecular complexity index is 22.5. The molecule has 0 aromatic heterocycles. The third kappa shape index (κ3) is 118. The summed E-state index contributed by atoms with van der Waals surface area (Å²) in [5.41, 5.74) is 0. The first-order valence-corrected chi connectivity index (χ1v) is 0. The van der Waals surface area contributed by atoms with Crippen molar-refractivity contribution in [1.29, 1.82) is 0 Å². The molecule has 0 amide bonds. The minimum absolute atomic E-state index is 0. The first-order chi connectivity index (χ1) is 0. The van der Waals surface area contributed by atoms with Gasteiger partial charge in [0.1, 0.15) is 0 Å². The number of hydrogen-bond acceptors (Lipinski definition) is 0. The summed E-state index contributed by atoms with van der Waals surface area (Å²) in [5, 5.41) is 0. The van der Waals surface area contributed by atoms with Crippen molar-refractivity contribution in [3.05, 3.63) is 0 Å². The van der Waals surface area contributed by atoms with E-state index < -0.39 is 0 Å². The van der Waals surface area contributed by atoms with Gasteiger partial charge in [0.05, 0.1) is 0 Å². The fourth-order valence-corrected chi connectivity index (χ4v) is 0. The molecule has 0 aromatic carbocycles. The second kappa shape index (κ2) is 132. The molecule has 0 aliphatic carbocycles. The van der Waals surface area contributed by atoms with Crippen LogP contribution in [0.3, 0.4) is 0 Å². The van der Waals surface area contributed by atoms with Gasteiger partial charge in [0.2, 0.25) is 0 Å². The van der Waals surface area contributed by atoms with Crippen molar-refractivity contribution in [1.82, 2.24) is 0 Å². The van der Waals surface area contributed by atoms with E-state index in [0.29, 0.717) is 0 Å². The maximum absolute atomic E-state index is 0. The molecule has 0 radical (unpaired) electrons. The summed E-state index contributed by atoms with van der Waals surface area (Å²) in [6, 6.07) is 0. The van der Waals surface area contributed by atoms with Crippen molar-refractivity contribution >= 4 is 129 Å². The molecule has 0 bridgehead atoms. The van der Waals surface area contributed by atoms with E-state index in [9.17, 15) is 0 Å². The molecule has 0 aromatic rings. The quantitative estimate of drug-likeness (QED) is 0.307. The Hall–Kier alpha value is 6.61. The Morgan fingerprint density at radius 2 is 0.308 bits per heavy atom. The average molecular weight is 634 g/mol. The summed E-state index contributed by atoms with van der Waals surface area (Å²) in [5.74, 6) is 0. The van der Waals surface area contributed by atoms with E-state index in [1.54, 1.807) is 0 Å². The fourth-order valence-electron chi connectivity index (χ4n) is 0. The van der Waals surface area contributed by atoms with Crippen molar-refractivity contribution < 1.29 is 93.6 Å². The third-order valence-corrected chi connectivity index (χ3v) is 0. The molecule has 0 heterocycles. The molecule has 13 heteroatoms. The molecule has 0 atom stereocenters. The van der Waals surface area contributed by atoms with Gasteiger partial charge in [0, 0.05) is 0 Å². The smallest absolute Gasteiger partial charge is 2.00 e. The average Bonchev–Trinajstić information content (AvgIpc) is 0. The zero-order valence-corrected chi connectivity index (χ0v) is 28.9. The van der Waals surface area contributed by atoms with Crippen LogP contribution in [-0.2, 0) is 188 Å². The van der Waals surface area contributed by atoms with Gasteiger partial charge in [0.25, 0.3) is 0 Å². The van der Waals surface area contributed by atoms with Gasteiger partial charge in [-0.2, -0.15) is 0 Å². The van der Waals surface area contributed by atoms with Crippen LogP contribution in [0.4, 0.5) is 0 Å². The topological polar surface area (TPSA) is 0 Å². The molecular weight excluding hydrogens is 634 g/mol. The first-order valence-electron chi connectivity index (χ1n) is 0. The molecule has 0 N–H and O–H groups in total. The fraction of sp³-hybridized carbons (Fsp3) is 0. The zero-order chi connectivity index (χ0) is 0. The Morgan fingerprint density at radius 1 is 0.308 bits per heavy atom. The van der Waals surface area contributed by atoms with Crippen LogP contribution in [0.15, 0.2) is 0 Å². The summed E-state index contributed by atoms with van der Waals surface area (Å²) in [6.07, 6.45) is 0. The minimum Gasteiger partial charge on any atom is -2.00 e. The van der Waals surface area contributed by atoms with Crippen molar-refractivity contribution in [3.63, 3.8) is 0 Å². The van der Waals surface area contributed by atoms with Crippen LogP contribution < -0.4 is 0 Å². The molecular formula is Al2Cd2S7Zn2. The molecule has 0 saturated heterocycles. The predicted octanol–water partition coefficient (Wildman–Crippen LogP) is -0.788. The van der Waals surface area contributed by atoms with Crippen molar-refractivity contribution in [2.45, 2.75) is 0 Å². The van der Waals surface area contributed by atoms with Crippen LogP contribution in [0.25, 0.3) is 0 Å². The van der Waals surface area contributed by atoms with Gasteiger partial charge in [-0.15, -0.1) is 0 Å². The Balaban J connectivity index is 0. The molecule has 0 aliphatic heterocycles. The second-order valence-corrected chi connectivity index (χ2v) is 0. The van der Waals surface area contributed by atoms with Crippen LogP contribution in [0.5, 0.6) is 0 Å². The minimum atomic E-state index is 0. The predicted molar refractivity (Wildman–Crippen MR) is 63.1 cm³/mol. The van der Waals surface area contributed by atoms with Crippen LogP contribution in [0, 0.1) is 0 Å². The van der Waals surface area contributed by atoms with Gasteiger partial charge in [-0.25, -0.2) is 0 Å². The van der Waals surface area contributed by atoms with Gasteiger partial charge < -0.3 is 94.5 Å². The van der Waals surface area contributed by atoms with Gasteiger partial charge in [-0.05, 0) is 0 Å². The molecule has 0 rings (SSSR count). The number of rotatable bonds is 0. The van der Waals surface area contributed by atoms with Gasteiger partial charge in [-0.1, -0.05) is 0 Å². The van der Waals surface area contributed by atoms with Gasteiger partial charge in [0.15, 0.2) is 0 Å². The number of hydrogen-bond donors (Lipinski definition) is 0. The van der Waals surface area contributed by atoms with Gasteiger partial charge >= 0.3 is 128 Å². The molecule has 0 nitrogen and oxygen atoms in total.